The van der Waals surface area contributed by atoms with Crippen LogP contribution >= 0.6 is 10.7 Å². The first-order chi connectivity index (χ1) is 7.65. The third-order valence-corrected chi connectivity index (χ3v) is 3.88. The van der Waals surface area contributed by atoms with E-state index in [1.165, 1.54) is 6.20 Å². The van der Waals surface area contributed by atoms with Gasteiger partial charge in [-0.05, 0) is 27.2 Å². The van der Waals surface area contributed by atoms with Gasteiger partial charge in [0.05, 0.1) is 5.60 Å². The van der Waals surface area contributed by atoms with Crippen molar-refractivity contribution in [3.8, 4) is 0 Å². The quantitative estimate of drug-likeness (QED) is 0.773. The molecule has 0 aliphatic rings. The molecule has 0 aliphatic carbocycles. The average Bonchev–Trinajstić information content (AvgIpc) is 2.57. The summed E-state index contributed by atoms with van der Waals surface area (Å²) >= 11 is 0. The second kappa shape index (κ2) is 4.96. The topological polar surface area (TPSA) is 61.2 Å². The van der Waals surface area contributed by atoms with Crippen LogP contribution in [0.2, 0.25) is 0 Å². The zero-order chi connectivity index (χ0) is 13.3. The Bertz CT molecular complexity index is 494. The van der Waals surface area contributed by atoms with Crippen molar-refractivity contribution in [1.82, 2.24) is 9.55 Å². The molecule has 0 aliphatic heterocycles. The molecular formula is C10H17ClN2O3S. The number of imidazole rings is 1. The summed E-state index contributed by atoms with van der Waals surface area (Å²) in [6.45, 7) is 6.31. The Labute approximate surface area is 106 Å². The van der Waals surface area contributed by atoms with Gasteiger partial charge in [0, 0.05) is 30.5 Å². The van der Waals surface area contributed by atoms with Gasteiger partial charge in [0.25, 0.3) is 9.05 Å². The molecule has 0 radical (unpaired) electrons. The van der Waals surface area contributed by atoms with Gasteiger partial charge in [0.2, 0.25) is 0 Å². The number of aryl methyl sites for hydroxylation is 2. The molecule has 0 amide bonds. The Hall–Kier alpha value is -0.590. The summed E-state index contributed by atoms with van der Waals surface area (Å²) in [5.74, 6) is 0.621. The summed E-state index contributed by atoms with van der Waals surface area (Å²) in [6, 6.07) is 0. The lowest BCUT2D eigenvalue weighted by molar-refractivity contribution is 0.0119. The first kappa shape index (κ1) is 14.5. The largest absolute Gasteiger partial charge is 0.379 e. The van der Waals surface area contributed by atoms with E-state index in [4.69, 9.17) is 15.4 Å². The van der Waals surface area contributed by atoms with E-state index < -0.39 is 9.05 Å². The molecule has 1 aromatic heterocycles. The van der Waals surface area contributed by atoms with Crippen LogP contribution in [-0.4, -0.2) is 30.7 Å². The lowest BCUT2D eigenvalue weighted by Crippen LogP contribution is -2.24. The molecule has 0 saturated heterocycles. The molecule has 1 heterocycles. The maximum Gasteiger partial charge on any atom is 0.280 e. The molecule has 0 saturated carbocycles. The summed E-state index contributed by atoms with van der Waals surface area (Å²) < 4.78 is 29.3. The van der Waals surface area contributed by atoms with E-state index in [2.05, 4.69) is 4.98 Å². The molecule has 0 N–H and O–H groups in total. The number of hydrogen-bond donors (Lipinski definition) is 0. The predicted octanol–water partition coefficient (Wildman–Crippen LogP) is 1.93. The summed E-state index contributed by atoms with van der Waals surface area (Å²) in [6.07, 6.45) is 2.20. The molecule has 1 rings (SSSR count). The fourth-order valence-electron chi connectivity index (χ4n) is 1.31. The van der Waals surface area contributed by atoms with Gasteiger partial charge in [-0.15, -0.1) is 0 Å². The minimum Gasteiger partial charge on any atom is -0.379 e. The van der Waals surface area contributed by atoms with Crippen LogP contribution in [0.3, 0.4) is 0 Å². The molecule has 98 valence electrons. The Kier molecular flexibility index (Phi) is 4.22. The first-order valence-electron chi connectivity index (χ1n) is 5.19. The van der Waals surface area contributed by atoms with E-state index >= 15 is 0 Å². The fraction of sp³-hybridized carbons (Fsp3) is 0.700. The lowest BCUT2D eigenvalue weighted by Gasteiger charge is -2.23. The third-order valence-electron chi connectivity index (χ3n) is 2.71. The Morgan fingerprint density at radius 1 is 1.53 bits per heavy atom. The second-order valence-corrected chi connectivity index (χ2v) is 6.98. The van der Waals surface area contributed by atoms with E-state index in [-0.39, 0.29) is 10.6 Å². The van der Waals surface area contributed by atoms with E-state index in [9.17, 15) is 8.42 Å². The number of ether oxygens (including phenoxy) is 1. The van der Waals surface area contributed by atoms with Gasteiger partial charge in [-0.25, -0.2) is 13.4 Å². The Morgan fingerprint density at radius 2 is 2.12 bits per heavy atom. The highest BCUT2D eigenvalue weighted by Gasteiger charge is 2.19. The van der Waals surface area contributed by atoms with Gasteiger partial charge in [-0.3, -0.25) is 0 Å². The van der Waals surface area contributed by atoms with E-state index in [0.29, 0.717) is 12.4 Å². The highest BCUT2D eigenvalue weighted by Crippen LogP contribution is 2.18. The number of aromatic nitrogens is 2. The Morgan fingerprint density at radius 3 is 2.53 bits per heavy atom. The van der Waals surface area contributed by atoms with Crippen molar-refractivity contribution in [3.05, 3.63) is 12.0 Å². The van der Waals surface area contributed by atoms with Crippen molar-refractivity contribution in [3.63, 3.8) is 0 Å². The molecular weight excluding hydrogens is 264 g/mol. The molecule has 5 nitrogen and oxygen atoms in total. The van der Waals surface area contributed by atoms with Crippen LogP contribution in [0.25, 0.3) is 0 Å². The van der Waals surface area contributed by atoms with Gasteiger partial charge in [-0.2, -0.15) is 0 Å². The van der Waals surface area contributed by atoms with Gasteiger partial charge >= 0.3 is 0 Å². The molecule has 0 atom stereocenters. The van der Waals surface area contributed by atoms with Crippen LogP contribution in [0, 0.1) is 6.92 Å². The molecule has 0 unspecified atom stereocenters. The van der Waals surface area contributed by atoms with Gasteiger partial charge in [-0.1, -0.05) is 0 Å². The van der Waals surface area contributed by atoms with Crippen LogP contribution in [0.4, 0.5) is 0 Å². The predicted molar refractivity (Wildman–Crippen MR) is 65.7 cm³/mol. The standard InChI is InChI=1S/C10H17ClN2O3S/c1-8-12-9(17(11,14)15)7-13(8)6-5-10(2,3)16-4/h7H,5-6H2,1-4H3. The smallest absolute Gasteiger partial charge is 0.280 e. The molecule has 1 aromatic rings. The number of rotatable bonds is 5. The number of halogens is 1. The maximum absolute atomic E-state index is 11.1. The van der Waals surface area contributed by atoms with Gasteiger partial charge in [0.15, 0.2) is 5.03 Å². The highest BCUT2D eigenvalue weighted by molar-refractivity contribution is 8.13. The summed E-state index contributed by atoms with van der Waals surface area (Å²) in [5, 5.41) is -0.105. The van der Waals surface area contributed by atoms with Gasteiger partial charge < -0.3 is 9.30 Å². The molecule has 0 bridgehead atoms. The van der Waals surface area contributed by atoms with Crippen LogP contribution in [0.5, 0.6) is 0 Å². The summed E-state index contributed by atoms with van der Waals surface area (Å²) in [4.78, 5) is 3.91. The second-order valence-electron chi connectivity index (χ2n) is 4.47. The lowest BCUT2D eigenvalue weighted by atomic mass is 10.1. The number of nitrogens with zero attached hydrogens (tertiary/aromatic N) is 2. The number of methoxy groups -OCH3 is 1. The zero-order valence-corrected chi connectivity index (χ0v) is 12.0. The van der Waals surface area contributed by atoms with Crippen molar-refractivity contribution in [2.24, 2.45) is 0 Å². The fourth-order valence-corrected chi connectivity index (χ4v) is 2.03. The average molecular weight is 281 g/mol. The first-order valence-corrected chi connectivity index (χ1v) is 7.50. The molecule has 17 heavy (non-hydrogen) atoms. The van der Waals surface area contributed by atoms with Crippen LogP contribution in [0.15, 0.2) is 11.2 Å². The normalized spacial score (nSPS) is 13.0. The summed E-state index contributed by atoms with van der Waals surface area (Å²) in [5.41, 5.74) is -0.253. The van der Waals surface area contributed by atoms with Crippen LogP contribution < -0.4 is 0 Å². The summed E-state index contributed by atoms with van der Waals surface area (Å²) in [7, 11) is 3.13. The molecule has 0 fully saturated rings. The van der Waals surface area contributed by atoms with E-state index in [0.717, 1.165) is 6.42 Å². The molecule has 0 spiro atoms. The highest BCUT2D eigenvalue weighted by atomic mass is 35.7. The Balaban J connectivity index is 2.84. The van der Waals surface area contributed by atoms with E-state index in [1.54, 1.807) is 18.6 Å². The van der Waals surface area contributed by atoms with Crippen molar-refractivity contribution >= 4 is 19.7 Å². The molecule has 7 heteroatoms. The van der Waals surface area contributed by atoms with Crippen molar-refractivity contribution in [1.29, 1.82) is 0 Å². The van der Waals surface area contributed by atoms with Crippen LogP contribution in [-0.2, 0) is 20.3 Å². The van der Waals surface area contributed by atoms with Gasteiger partial charge in [0.1, 0.15) is 5.82 Å². The van der Waals surface area contributed by atoms with Crippen molar-refractivity contribution < 1.29 is 13.2 Å². The number of hydrogen-bond acceptors (Lipinski definition) is 4. The third kappa shape index (κ3) is 3.97. The minimum atomic E-state index is -3.75. The minimum absolute atomic E-state index is 0.105. The SMILES string of the molecule is COC(C)(C)CCn1cc(S(=O)(=O)Cl)nc1C. The van der Waals surface area contributed by atoms with Crippen molar-refractivity contribution in [2.45, 2.75) is 44.4 Å². The maximum atomic E-state index is 11.1. The van der Waals surface area contributed by atoms with E-state index in [1.807, 2.05) is 13.8 Å². The molecule has 0 aromatic carbocycles. The zero-order valence-electron chi connectivity index (χ0n) is 10.4. The van der Waals surface area contributed by atoms with Crippen molar-refractivity contribution in [2.75, 3.05) is 7.11 Å². The van der Waals surface area contributed by atoms with Crippen LogP contribution in [0.1, 0.15) is 26.1 Å². The monoisotopic (exact) mass is 280 g/mol.